The maximum atomic E-state index is 13.2. The molecular weight excluding hydrogens is 368 g/mol. The first-order valence-corrected chi connectivity index (χ1v) is 11.0. The van der Waals surface area contributed by atoms with Gasteiger partial charge >= 0.3 is 5.97 Å². The molecule has 1 atom stereocenters. The average Bonchev–Trinajstić information content (AvgIpc) is 3.09. The first-order chi connectivity index (χ1) is 12.8. The fraction of sp³-hybridized carbons (Fsp3) is 0.579. The Labute approximate surface area is 160 Å². The standard InChI is InChI=1S/C19H26N2O5S/c1-2-27(25,26)20-11-9-15(10-12-20)21(13-18(22)23)19(24)17-8-7-14-5-3-4-6-16(14)17/h3-6,15,17H,2,7-13H2,1H3,(H,22,23). The number of hydrogen-bond acceptors (Lipinski definition) is 4. The van der Waals surface area contributed by atoms with Crippen molar-refractivity contribution in [2.24, 2.45) is 0 Å². The van der Waals surface area contributed by atoms with Crippen LogP contribution < -0.4 is 0 Å². The van der Waals surface area contributed by atoms with E-state index in [1.807, 2.05) is 24.3 Å². The quantitative estimate of drug-likeness (QED) is 0.788. The number of carbonyl (C=O) groups is 2. The van der Waals surface area contributed by atoms with Crippen LogP contribution >= 0.6 is 0 Å². The Bertz CT molecular complexity index is 815. The zero-order valence-electron chi connectivity index (χ0n) is 15.5. The van der Waals surface area contributed by atoms with Crippen molar-refractivity contribution in [3.8, 4) is 0 Å². The number of rotatable bonds is 6. The van der Waals surface area contributed by atoms with Gasteiger partial charge in [-0.3, -0.25) is 9.59 Å². The van der Waals surface area contributed by atoms with E-state index in [9.17, 15) is 23.1 Å². The lowest BCUT2D eigenvalue weighted by atomic mass is 9.97. The molecule has 1 aromatic rings. The fourth-order valence-corrected chi connectivity index (χ4v) is 5.29. The highest BCUT2D eigenvalue weighted by Crippen LogP contribution is 2.35. The number of carboxylic acids is 1. The smallest absolute Gasteiger partial charge is 0.323 e. The molecule has 1 saturated heterocycles. The topological polar surface area (TPSA) is 95.0 Å². The van der Waals surface area contributed by atoms with E-state index in [0.29, 0.717) is 32.4 Å². The van der Waals surface area contributed by atoms with Crippen molar-refractivity contribution in [1.29, 1.82) is 0 Å². The van der Waals surface area contributed by atoms with E-state index < -0.39 is 16.0 Å². The number of amides is 1. The van der Waals surface area contributed by atoms with E-state index in [0.717, 1.165) is 17.5 Å². The third kappa shape index (κ3) is 4.16. The second-order valence-electron chi connectivity index (χ2n) is 7.18. The lowest BCUT2D eigenvalue weighted by molar-refractivity contribution is -0.147. The number of sulfonamides is 1. The Kier molecular flexibility index (Phi) is 5.86. The van der Waals surface area contributed by atoms with Crippen molar-refractivity contribution in [2.45, 2.75) is 44.6 Å². The Morgan fingerprint density at radius 1 is 1.19 bits per heavy atom. The highest BCUT2D eigenvalue weighted by Gasteiger charge is 2.37. The highest BCUT2D eigenvalue weighted by molar-refractivity contribution is 7.89. The Morgan fingerprint density at radius 3 is 2.48 bits per heavy atom. The summed E-state index contributed by atoms with van der Waals surface area (Å²) in [5.41, 5.74) is 2.14. The average molecular weight is 394 g/mol. The molecule has 3 rings (SSSR count). The number of carbonyl (C=O) groups excluding carboxylic acids is 1. The number of aryl methyl sites for hydroxylation is 1. The lowest BCUT2D eigenvalue weighted by Crippen LogP contribution is -2.51. The molecule has 2 aliphatic rings. The Balaban J connectivity index is 1.75. The molecule has 148 valence electrons. The third-order valence-electron chi connectivity index (χ3n) is 5.64. The zero-order valence-corrected chi connectivity index (χ0v) is 16.3. The van der Waals surface area contributed by atoms with E-state index >= 15 is 0 Å². The minimum Gasteiger partial charge on any atom is -0.480 e. The lowest BCUT2D eigenvalue weighted by Gasteiger charge is -2.38. The van der Waals surface area contributed by atoms with Crippen LogP contribution in [0.5, 0.6) is 0 Å². The third-order valence-corrected chi connectivity index (χ3v) is 7.52. The molecule has 1 N–H and O–H groups in total. The SMILES string of the molecule is CCS(=O)(=O)N1CCC(N(CC(=O)O)C(=O)C2CCc3ccccc32)CC1. The van der Waals surface area contributed by atoms with Gasteiger partial charge in [0.1, 0.15) is 6.54 Å². The summed E-state index contributed by atoms with van der Waals surface area (Å²) in [6, 6.07) is 7.56. The normalized spacial score (nSPS) is 21.0. The van der Waals surface area contributed by atoms with E-state index in [1.165, 1.54) is 9.21 Å². The molecule has 1 aliphatic heterocycles. The van der Waals surface area contributed by atoms with Crippen LogP contribution in [0.15, 0.2) is 24.3 Å². The molecule has 0 bridgehead atoms. The van der Waals surface area contributed by atoms with Crippen molar-refractivity contribution in [2.75, 3.05) is 25.4 Å². The summed E-state index contributed by atoms with van der Waals surface area (Å²) in [6.07, 6.45) is 2.44. The molecule has 1 aromatic carbocycles. The molecule has 7 nitrogen and oxygen atoms in total. The Morgan fingerprint density at radius 2 is 1.85 bits per heavy atom. The molecule has 27 heavy (non-hydrogen) atoms. The predicted octanol–water partition coefficient (Wildman–Crippen LogP) is 1.44. The van der Waals surface area contributed by atoms with Gasteiger partial charge in [-0.05, 0) is 43.7 Å². The van der Waals surface area contributed by atoms with Gasteiger partial charge in [0, 0.05) is 19.1 Å². The molecule has 0 saturated carbocycles. The van der Waals surface area contributed by atoms with Crippen LogP contribution in [0.4, 0.5) is 0 Å². The number of hydrogen-bond donors (Lipinski definition) is 1. The predicted molar refractivity (Wildman–Crippen MR) is 101 cm³/mol. The molecule has 1 heterocycles. The number of nitrogens with zero attached hydrogens (tertiary/aromatic N) is 2. The summed E-state index contributed by atoms with van der Waals surface area (Å²) in [4.78, 5) is 26.1. The largest absolute Gasteiger partial charge is 0.480 e. The van der Waals surface area contributed by atoms with Gasteiger partial charge in [-0.25, -0.2) is 12.7 Å². The minimum absolute atomic E-state index is 0.0499. The van der Waals surface area contributed by atoms with Crippen molar-refractivity contribution in [3.63, 3.8) is 0 Å². The van der Waals surface area contributed by atoms with Crippen LogP contribution in [-0.2, 0) is 26.0 Å². The van der Waals surface area contributed by atoms with Crippen molar-refractivity contribution in [1.82, 2.24) is 9.21 Å². The summed E-state index contributed by atoms with van der Waals surface area (Å²) in [7, 11) is -3.26. The molecule has 0 spiro atoms. The fourth-order valence-electron chi connectivity index (χ4n) is 4.16. The molecule has 8 heteroatoms. The highest BCUT2D eigenvalue weighted by atomic mass is 32.2. The van der Waals surface area contributed by atoms with Gasteiger partial charge in [-0.2, -0.15) is 0 Å². The summed E-state index contributed by atoms with van der Waals surface area (Å²) in [5, 5.41) is 9.32. The molecule has 1 amide bonds. The monoisotopic (exact) mass is 394 g/mol. The minimum atomic E-state index is -3.26. The maximum absolute atomic E-state index is 13.2. The second-order valence-corrected chi connectivity index (χ2v) is 9.44. The molecule has 1 fully saturated rings. The van der Waals surface area contributed by atoms with Gasteiger partial charge in [0.25, 0.3) is 0 Å². The van der Waals surface area contributed by atoms with E-state index in [1.54, 1.807) is 6.92 Å². The second kappa shape index (κ2) is 7.98. The molecule has 1 unspecified atom stereocenters. The van der Waals surface area contributed by atoms with Gasteiger partial charge in [0.05, 0.1) is 11.7 Å². The number of aliphatic carboxylic acids is 1. The molecule has 1 aliphatic carbocycles. The van der Waals surface area contributed by atoms with E-state index in [-0.39, 0.29) is 30.2 Å². The number of piperidine rings is 1. The van der Waals surface area contributed by atoms with Crippen molar-refractivity contribution >= 4 is 21.9 Å². The summed E-state index contributed by atoms with van der Waals surface area (Å²) >= 11 is 0. The van der Waals surface area contributed by atoms with E-state index in [4.69, 9.17) is 0 Å². The van der Waals surface area contributed by atoms with Gasteiger partial charge in [0.2, 0.25) is 15.9 Å². The first kappa shape index (κ1) is 19.8. The van der Waals surface area contributed by atoms with Gasteiger partial charge in [-0.1, -0.05) is 24.3 Å². The molecular formula is C19H26N2O5S. The summed E-state index contributed by atoms with van der Waals surface area (Å²) in [5.74, 6) is -1.45. The van der Waals surface area contributed by atoms with Crippen LogP contribution in [0.2, 0.25) is 0 Å². The van der Waals surface area contributed by atoms with E-state index in [2.05, 4.69) is 0 Å². The molecule has 0 aromatic heterocycles. The summed E-state index contributed by atoms with van der Waals surface area (Å²) in [6.45, 7) is 1.92. The van der Waals surface area contributed by atoms with Gasteiger partial charge in [-0.15, -0.1) is 0 Å². The number of benzene rings is 1. The van der Waals surface area contributed by atoms with Crippen LogP contribution in [0, 0.1) is 0 Å². The Hall–Kier alpha value is -1.93. The van der Waals surface area contributed by atoms with Crippen LogP contribution in [0.25, 0.3) is 0 Å². The van der Waals surface area contributed by atoms with Crippen LogP contribution in [-0.4, -0.2) is 66.0 Å². The summed E-state index contributed by atoms with van der Waals surface area (Å²) < 4.78 is 25.5. The van der Waals surface area contributed by atoms with Gasteiger partial charge < -0.3 is 10.0 Å². The van der Waals surface area contributed by atoms with Crippen molar-refractivity contribution < 1.29 is 23.1 Å². The number of carboxylic acid groups (broad SMARTS) is 1. The van der Waals surface area contributed by atoms with Crippen LogP contribution in [0.3, 0.4) is 0 Å². The number of fused-ring (bicyclic) bond motifs is 1. The van der Waals surface area contributed by atoms with Crippen LogP contribution in [0.1, 0.15) is 43.2 Å². The zero-order chi connectivity index (χ0) is 19.6. The first-order valence-electron chi connectivity index (χ1n) is 9.41. The van der Waals surface area contributed by atoms with Gasteiger partial charge in [0.15, 0.2) is 0 Å². The van der Waals surface area contributed by atoms with Crippen molar-refractivity contribution in [3.05, 3.63) is 35.4 Å². The maximum Gasteiger partial charge on any atom is 0.323 e. The molecule has 0 radical (unpaired) electrons.